The van der Waals surface area contributed by atoms with Crippen LogP contribution >= 0.6 is 12.2 Å². The summed E-state index contributed by atoms with van der Waals surface area (Å²) in [6.45, 7) is 2.03. The van der Waals surface area contributed by atoms with Crippen LogP contribution in [0.15, 0.2) is 30.3 Å². The Labute approximate surface area is 117 Å². The highest BCUT2D eigenvalue weighted by Crippen LogP contribution is 2.16. The second-order valence-corrected chi connectivity index (χ2v) is 4.88. The number of thiocarbonyl (C=S) groups is 1. The highest BCUT2D eigenvalue weighted by molar-refractivity contribution is 7.80. The third-order valence-electron chi connectivity index (χ3n) is 2.93. The molecule has 0 saturated heterocycles. The summed E-state index contributed by atoms with van der Waals surface area (Å²) in [5.74, 6) is 0.662. The van der Waals surface area contributed by atoms with Crippen molar-refractivity contribution in [3.05, 3.63) is 30.3 Å². The molecule has 0 aliphatic rings. The Bertz CT molecular complexity index is 552. The number of anilines is 1. The van der Waals surface area contributed by atoms with Crippen LogP contribution in [0.3, 0.4) is 0 Å². The largest absolute Gasteiger partial charge is 0.393 e. The summed E-state index contributed by atoms with van der Waals surface area (Å²) >= 11 is 4.94. The van der Waals surface area contributed by atoms with Crippen molar-refractivity contribution in [2.75, 3.05) is 11.9 Å². The van der Waals surface area contributed by atoms with Gasteiger partial charge in [0.25, 0.3) is 0 Å². The monoisotopic (exact) mass is 276 g/mol. The van der Waals surface area contributed by atoms with Crippen LogP contribution in [0.4, 0.5) is 5.95 Å². The van der Waals surface area contributed by atoms with Gasteiger partial charge in [0.2, 0.25) is 5.95 Å². The third-order valence-corrected chi connectivity index (χ3v) is 3.09. The first-order chi connectivity index (χ1) is 9.09. The molecule has 0 saturated carbocycles. The zero-order valence-electron chi connectivity index (χ0n) is 10.9. The van der Waals surface area contributed by atoms with Crippen molar-refractivity contribution in [1.82, 2.24) is 20.2 Å². The number of para-hydroxylation sites is 1. The van der Waals surface area contributed by atoms with Crippen molar-refractivity contribution < 1.29 is 0 Å². The highest BCUT2D eigenvalue weighted by Gasteiger charge is 2.18. The van der Waals surface area contributed by atoms with E-state index in [0.717, 1.165) is 5.69 Å². The van der Waals surface area contributed by atoms with Gasteiger partial charge in [0.1, 0.15) is 0 Å². The van der Waals surface area contributed by atoms with Crippen molar-refractivity contribution >= 4 is 23.2 Å². The molecule has 0 aliphatic heterocycles. The number of tetrazole rings is 1. The molecule has 100 valence electrons. The molecule has 2 aromatic rings. The Morgan fingerprint density at radius 2 is 2.11 bits per heavy atom. The number of aromatic nitrogens is 4. The minimum absolute atomic E-state index is 0.131. The molecular formula is C12H16N6S. The Balaban J connectivity index is 2.27. The van der Waals surface area contributed by atoms with Gasteiger partial charge < -0.3 is 10.6 Å². The lowest BCUT2D eigenvalue weighted by atomic mass is 10.2. The molecule has 2 rings (SSSR count). The van der Waals surface area contributed by atoms with Crippen LogP contribution in [-0.4, -0.2) is 38.3 Å². The van der Waals surface area contributed by atoms with E-state index >= 15 is 0 Å². The first-order valence-corrected chi connectivity index (χ1v) is 6.35. The zero-order valence-corrected chi connectivity index (χ0v) is 11.7. The average Bonchev–Trinajstić information content (AvgIpc) is 2.87. The van der Waals surface area contributed by atoms with Gasteiger partial charge in [-0.25, -0.2) is 0 Å². The van der Waals surface area contributed by atoms with Crippen LogP contribution in [0.2, 0.25) is 0 Å². The molecule has 0 spiro atoms. The molecule has 1 unspecified atom stereocenters. The molecule has 1 aromatic heterocycles. The highest BCUT2D eigenvalue weighted by atomic mass is 32.1. The standard InChI is InChI=1S/C12H16N6S/c1-9(8-11(13)19)17(2)12-14-15-16-18(12)10-6-4-3-5-7-10/h3-7,9H,8H2,1-2H3,(H2,13,19). The number of rotatable bonds is 5. The van der Waals surface area contributed by atoms with Crippen LogP contribution in [-0.2, 0) is 0 Å². The van der Waals surface area contributed by atoms with E-state index in [1.165, 1.54) is 0 Å². The lowest BCUT2D eigenvalue weighted by molar-refractivity contribution is 0.678. The fourth-order valence-electron chi connectivity index (χ4n) is 1.76. The average molecular weight is 276 g/mol. The van der Waals surface area contributed by atoms with Gasteiger partial charge in [-0.1, -0.05) is 35.5 Å². The van der Waals surface area contributed by atoms with E-state index in [9.17, 15) is 0 Å². The summed E-state index contributed by atoms with van der Waals surface area (Å²) in [7, 11) is 1.92. The first-order valence-electron chi connectivity index (χ1n) is 5.94. The van der Waals surface area contributed by atoms with Gasteiger partial charge in [-0.05, 0) is 29.5 Å². The lowest BCUT2D eigenvalue weighted by Gasteiger charge is -2.24. The van der Waals surface area contributed by atoms with Crippen molar-refractivity contribution in [1.29, 1.82) is 0 Å². The van der Waals surface area contributed by atoms with E-state index in [0.29, 0.717) is 17.4 Å². The fourth-order valence-corrected chi connectivity index (χ4v) is 2.01. The quantitative estimate of drug-likeness (QED) is 0.826. The summed E-state index contributed by atoms with van der Waals surface area (Å²) in [6, 6.07) is 9.87. The summed E-state index contributed by atoms with van der Waals surface area (Å²) in [5.41, 5.74) is 6.49. The van der Waals surface area contributed by atoms with E-state index in [2.05, 4.69) is 15.5 Å². The number of benzene rings is 1. The Kier molecular flexibility index (Phi) is 4.06. The van der Waals surface area contributed by atoms with Gasteiger partial charge in [0.15, 0.2) is 0 Å². The summed E-state index contributed by atoms with van der Waals surface area (Å²) in [4.78, 5) is 2.45. The molecule has 1 atom stereocenters. The number of nitrogens with zero attached hydrogens (tertiary/aromatic N) is 5. The maximum atomic E-state index is 5.58. The topological polar surface area (TPSA) is 72.9 Å². The molecular weight excluding hydrogens is 260 g/mol. The molecule has 6 nitrogen and oxygen atoms in total. The van der Waals surface area contributed by atoms with Crippen LogP contribution in [0.1, 0.15) is 13.3 Å². The molecule has 0 radical (unpaired) electrons. The molecule has 19 heavy (non-hydrogen) atoms. The van der Waals surface area contributed by atoms with Crippen molar-refractivity contribution in [3.8, 4) is 5.69 Å². The summed E-state index contributed by atoms with van der Waals surface area (Å²) in [6.07, 6.45) is 0.619. The maximum absolute atomic E-state index is 5.58. The summed E-state index contributed by atoms with van der Waals surface area (Å²) < 4.78 is 1.69. The molecule has 1 aromatic carbocycles. The maximum Gasteiger partial charge on any atom is 0.250 e. The van der Waals surface area contributed by atoms with Crippen molar-refractivity contribution in [2.45, 2.75) is 19.4 Å². The van der Waals surface area contributed by atoms with Crippen LogP contribution in [0, 0.1) is 0 Å². The Morgan fingerprint density at radius 3 is 2.74 bits per heavy atom. The SMILES string of the molecule is CC(CC(N)=S)N(C)c1nnnn1-c1ccccc1. The molecule has 0 amide bonds. The molecule has 0 aliphatic carbocycles. The predicted octanol–water partition coefficient (Wildman–Crippen LogP) is 1.16. The van der Waals surface area contributed by atoms with Crippen molar-refractivity contribution in [3.63, 3.8) is 0 Å². The van der Waals surface area contributed by atoms with Crippen LogP contribution in [0.25, 0.3) is 5.69 Å². The smallest absolute Gasteiger partial charge is 0.250 e. The van der Waals surface area contributed by atoms with Gasteiger partial charge in [-0.2, -0.15) is 4.68 Å². The predicted molar refractivity (Wildman–Crippen MR) is 78.4 cm³/mol. The van der Waals surface area contributed by atoms with Gasteiger partial charge in [0, 0.05) is 19.5 Å². The molecule has 2 N–H and O–H groups in total. The van der Waals surface area contributed by atoms with E-state index in [1.807, 2.05) is 49.2 Å². The number of hydrogen-bond donors (Lipinski definition) is 1. The Hall–Kier alpha value is -2.02. The van der Waals surface area contributed by atoms with E-state index in [1.54, 1.807) is 4.68 Å². The molecule has 7 heteroatoms. The Morgan fingerprint density at radius 1 is 1.42 bits per heavy atom. The normalized spacial score (nSPS) is 12.1. The van der Waals surface area contributed by atoms with Crippen molar-refractivity contribution in [2.24, 2.45) is 5.73 Å². The molecule has 1 heterocycles. The summed E-state index contributed by atoms with van der Waals surface area (Å²) in [5, 5.41) is 11.8. The van der Waals surface area contributed by atoms with Gasteiger partial charge >= 0.3 is 0 Å². The molecule has 0 bridgehead atoms. The van der Waals surface area contributed by atoms with E-state index < -0.39 is 0 Å². The van der Waals surface area contributed by atoms with Gasteiger partial charge in [-0.15, -0.1) is 0 Å². The second-order valence-electron chi connectivity index (χ2n) is 4.36. The van der Waals surface area contributed by atoms with Crippen LogP contribution in [0.5, 0.6) is 0 Å². The second kappa shape index (κ2) is 5.75. The third kappa shape index (κ3) is 3.05. The molecule has 0 fully saturated rings. The minimum atomic E-state index is 0.131. The van der Waals surface area contributed by atoms with E-state index in [4.69, 9.17) is 18.0 Å². The van der Waals surface area contributed by atoms with Gasteiger partial charge in [-0.3, -0.25) is 0 Å². The first kappa shape index (κ1) is 13.4. The lowest BCUT2D eigenvalue weighted by Crippen LogP contribution is -2.34. The van der Waals surface area contributed by atoms with Gasteiger partial charge in [0.05, 0.1) is 10.7 Å². The fraction of sp³-hybridized carbons (Fsp3) is 0.333. The van der Waals surface area contributed by atoms with E-state index in [-0.39, 0.29) is 6.04 Å². The number of hydrogen-bond acceptors (Lipinski definition) is 5. The minimum Gasteiger partial charge on any atom is -0.393 e. The number of nitrogens with two attached hydrogens (primary N) is 1. The zero-order chi connectivity index (χ0) is 13.8. The van der Waals surface area contributed by atoms with Crippen LogP contribution < -0.4 is 10.6 Å².